The van der Waals surface area contributed by atoms with E-state index >= 15 is 0 Å². The van der Waals surface area contributed by atoms with Crippen LogP contribution >= 0.6 is 0 Å². The van der Waals surface area contributed by atoms with Gasteiger partial charge in [-0.05, 0) is 13.8 Å². The summed E-state index contributed by atoms with van der Waals surface area (Å²) < 4.78 is 1.74. The molecule has 1 amide bonds. The summed E-state index contributed by atoms with van der Waals surface area (Å²) in [6.07, 6.45) is 0.341. The minimum absolute atomic E-state index is 0.0632. The standard InChI is InChI=1S/C9H16N4O/c1-6-9(7(2)13(3)12-6)11-8(14)4-5-10/h4-5,10H2,1-3H3,(H,11,14). The van der Waals surface area contributed by atoms with Gasteiger partial charge in [0.25, 0.3) is 0 Å². The van der Waals surface area contributed by atoms with Gasteiger partial charge in [0, 0.05) is 20.0 Å². The molecular formula is C9H16N4O. The number of hydrogen-bond donors (Lipinski definition) is 2. The van der Waals surface area contributed by atoms with Crippen molar-refractivity contribution in [2.75, 3.05) is 11.9 Å². The third kappa shape index (κ3) is 2.11. The van der Waals surface area contributed by atoms with Crippen LogP contribution in [0.5, 0.6) is 0 Å². The van der Waals surface area contributed by atoms with Gasteiger partial charge in [0.1, 0.15) is 0 Å². The van der Waals surface area contributed by atoms with Gasteiger partial charge in [0.05, 0.1) is 17.1 Å². The lowest BCUT2D eigenvalue weighted by molar-refractivity contribution is -0.116. The summed E-state index contributed by atoms with van der Waals surface area (Å²) in [6, 6.07) is 0. The lowest BCUT2D eigenvalue weighted by Gasteiger charge is -2.03. The van der Waals surface area contributed by atoms with Gasteiger partial charge in [-0.15, -0.1) is 0 Å². The first kappa shape index (κ1) is 10.7. The summed E-state index contributed by atoms with van der Waals surface area (Å²) in [5, 5.41) is 6.99. The number of nitrogens with two attached hydrogens (primary N) is 1. The normalized spacial score (nSPS) is 10.3. The number of anilines is 1. The number of rotatable bonds is 3. The van der Waals surface area contributed by atoms with Crippen molar-refractivity contribution in [1.82, 2.24) is 9.78 Å². The molecule has 0 fully saturated rings. The molecule has 1 rings (SSSR count). The molecular weight excluding hydrogens is 180 g/mol. The van der Waals surface area contributed by atoms with Crippen LogP contribution in [-0.4, -0.2) is 22.2 Å². The van der Waals surface area contributed by atoms with Crippen LogP contribution in [0.2, 0.25) is 0 Å². The minimum atomic E-state index is -0.0632. The van der Waals surface area contributed by atoms with Crippen molar-refractivity contribution < 1.29 is 4.79 Å². The summed E-state index contributed by atoms with van der Waals surface area (Å²) in [5.41, 5.74) is 7.86. The number of amides is 1. The molecule has 1 aromatic heterocycles. The fraction of sp³-hybridized carbons (Fsp3) is 0.556. The van der Waals surface area contributed by atoms with E-state index in [1.54, 1.807) is 4.68 Å². The van der Waals surface area contributed by atoms with Crippen LogP contribution in [0.15, 0.2) is 0 Å². The quantitative estimate of drug-likeness (QED) is 0.731. The number of aromatic nitrogens is 2. The van der Waals surface area contributed by atoms with Gasteiger partial charge in [0.2, 0.25) is 5.91 Å². The summed E-state index contributed by atoms with van der Waals surface area (Å²) in [4.78, 5) is 11.3. The molecule has 5 heteroatoms. The van der Waals surface area contributed by atoms with Gasteiger partial charge in [0.15, 0.2) is 0 Å². The van der Waals surface area contributed by atoms with Crippen LogP contribution < -0.4 is 11.1 Å². The second-order valence-electron chi connectivity index (χ2n) is 3.26. The Morgan fingerprint density at radius 1 is 1.57 bits per heavy atom. The van der Waals surface area contributed by atoms with Crippen molar-refractivity contribution in [3.63, 3.8) is 0 Å². The third-order valence-corrected chi connectivity index (χ3v) is 2.14. The zero-order valence-electron chi connectivity index (χ0n) is 8.79. The second kappa shape index (κ2) is 4.23. The van der Waals surface area contributed by atoms with Gasteiger partial charge >= 0.3 is 0 Å². The summed E-state index contributed by atoms with van der Waals surface area (Å²) in [5.74, 6) is -0.0632. The highest BCUT2D eigenvalue weighted by atomic mass is 16.1. The average molecular weight is 196 g/mol. The van der Waals surface area contributed by atoms with Gasteiger partial charge in [-0.2, -0.15) is 5.10 Å². The lowest BCUT2D eigenvalue weighted by atomic mass is 10.3. The maximum Gasteiger partial charge on any atom is 0.225 e. The largest absolute Gasteiger partial charge is 0.330 e. The highest BCUT2D eigenvalue weighted by molar-refractivity contribution is 5.91. The maximum absolute atomic E-state index is 11.3. The van der Waals surface area contributed by atoms with Gasteiger partial charge < -0.3 is 11.1 Å². The number of aryl methyl sites for hydroxylation is 2. The van der Waals surface area contributed by atoms with Crippen molar-refractivity contribution >= 4 is 11.6 Å². The Morgan fingerprint density at radius 2 is 2.21 bits per heavy atom. The number of carbonyl (C=O) groups is 1. The molecule has 78 valence electrons. The molecule has 0 atom stereocenters. The molecule has 0 aromatic carbocycles. The van der Waals surface area contributed by atoms with Crippen molar-refractivity contribution in [3.8, 4) is 0 Å². The molecule has 0 saturated heterocycles. The maximum atomic E-state index is 11.3. The molecule has 0 radical (unpaired) electrons. The Bertz CT molecular complexity index is 343. The molecule has 14 heavy (non-hydrogen) atoms. The van der Waals surface area contributed by atoms with E-state index in [1.807, 2.05) is 20.9 Å². The zero-order chi connectivity index (χ0) is 10.7. The summed E-state index contributed by atoms with van der Waals surface area (Å²) >= 11 is 0. The Balaban J connectivity index is 2.81. The number of hydrogen-bond acceptors (Lipinski definition) is 3. The van der Waals surface area contributed by atoms with Crippen molar-refractivity contribution in [3.05, 3.63) is 11.4 Å². The van der Waals surface area contributed by atoms with E-state index in [0.29, 0.717) is 13.0 Å². The van der Waals surface area contributed by atoms with Gasteiger partial charge in [-0.1, -0.05) is 0 Å². The summed E-state index contributed by atoms with van der Waals surface area (Å²) in [6.45, 7) is 4.15. The molecule has 0 aliphatic rings. The minimum Gasteiger partial charge on any atom is -0.330 e. The number of carbonyl (C=O) groups excluding carboxylic acids is 1. The first-order chi connectivity index (χ1) is 6.56. The molecule has 5 nitrogen and oxygen atoms in total. The fourth-order valence-corrected chi connectivity index (χ4v) is 1.29. The Hall–Kier alpha value is -1.36. The van der Waals surface area contributed by atoms with Crippen LogP contribution in [-0.2, 0) is 11.8 Å². The number of nitrogens with zero attached hydrogens (tertiary/aromatic N) is 2. The van der Waals surface area contributed by atoms with E-state index in [4.69, 9.17) is 5.73 Å². The highest BCUT2D eigenvalue weighted by Crippen LogP contribution is 2.18. The SMILES string of the molecule is Cc1nn(C)c(C)c1NC(=O)CCN. The van der Waals surface area contributed by atoms with E-state index in [1.165, 1.54) is 0 Å². The van der Waals surface area contributed by atoms with E-state index < -0.39 is 0 Å². The van der Waals surface area contributed by atoms with Crippen LogP contribution in [0.3, 0.4) is 0 Å². The fourth-order valence-electron chi connectivity index (χ4n) is 1.29. The van der Waals surface area contributed by atoms with Gasteiger partial charge in [-0.3, -0.25) is 9.48 Å². The van der Waals surface area contributed by atoms with E-state index in [2.05, 4.69) is 10.4 Å². The first-order valence-corrected chi connectivity index (χ1v) is 4.56. The van der Waals surface area contributed by atoms with Crippen LogP contribution in [0.25, 0.3) is 0 Å². The van der Waals surface area contributed by atoms with Crippen LogP contribution in [0, 0.1) is 13.8 Å². The Morgan fingerprint density at radius 3 is 2.64 bits per heavy atom. The van der Waals surface area contributed by atoms with Crippen molar-refractivity contribution in [2.45, 2.75) is 20.3 Å². The topological polar surface area (TPSA) is 72.9 Å². The molecule has 1 aromatic rings. The molecule has 0 saturated carbocycles. The number of nitrogens with one attached hydrogen (secondary N) is 1. The smallest absolute Gasteiger partial charge is 0.225 e. The van der Waals surface area contributed by atoms with Crippen LogP contribution in [0.1, 0.15) is 17.8 Å². The average Bonchev–Trinajstić information content (AvgIpc) is 2.33. The summed E-state index contributed by atoms with van der Waals surface area (Å²) in [7, 11) is 1.85. The van der Waals surface area contributed by atoms with E-state index in [9.17, 15) is 4.79 Å². The predicted molar refractivity (Wildman–Crippen MR) is 55.0 cm³/mol. The molecule has 0 unspecified atom stereocenters. The monoisotopic (exact) mass is 196 g/mol. The molecule has 0 aliphatic carbocycles. The third-order valence-electron chi connectivity index (χ3n) is 2.14. The highest BCUT2D eigenvalue weighted by Gasteiger charge is 2.11. The zero-order valence-corrected chi connectivity index (χ0v) is 8.79. The van der Waals surface area contributed by atoms with E-state index in [-0.39, 0.29) is 5.91 Å². The Labute approximate surface area is 83.3 Å². The van der Waals surface area contributed by atoms with Crippen molar-refractivity contribution in [2.24, 2.45) is 12.8 Å². The molecule has 0 bridgehead atoms. The molecule has 1 heterocycles. The van der Waals surface area contributed by atoms with Crippen LogP contribution in [0.4, 0.5) is 5.69 Å². The molecule has 3 N–H and O–H groups in total. The van der Waals surface area contributed by atoms with E-state index in [0.717, 1.165) is 17.1 Å². The Kier molecular flexibility index (Phi) is 3.24. The molecule has 0 spiro atoms. The van der Waals surface area contributed by atoms with Crippen molar-refractivity contribution in [1.29, 1.82) is 0 Å². The molecule has 0 aliphatic heterocycles. The second-order valence-corrected chi connectivity index (χ2v) is 3.26. The van der Waals surface area contributed by atoms with Gasteiger partial charge in [-0.25, -0.2) is 0 Å². The first-order valence-electron chi connectivity index (χ1n) is 4.56. The lowest BCUT2D eigenvalue weighted by Crippen LogP contribution is -2.17. The predicted octanol–water partition coefficient (Wildman–Crippen LogP) is 0.324.